The molecular formula is C32H25FO6. The molecule has 39 heavy (non-hydrogen) atoms. The van der Waals surface area contributed by atoms with Crippen LogP contribution in [0.15, 0.2) is 117 Å². The Morgan fingerprint density at radius 3 is 1.59 bits per heavy atom. The zero-order chi connectivity index (χ0) is 27.9. The average molecular weight is 525 g/mol. The second-order valence-corrected chi connectivity index (χ2v) is 7.65. The SMILES string of the molecule is C=CC(=O)O/C=C\Oc1cccc(/C=C/c2ccc(/C=C/c3cccc(O/C=C\OC(=O)C=C)c3)c(F)c2)c1. The van der Waals surface area contributed by atoms with Crippen molar-refractivity contribution < 1.29 is 32.9 Å². The molecule has 0 atom stereocenters. The van der Waals surface area contributed by atoms with E-state index < -0.39 is 11.9 Å². The second-order valence-electron chi connectivity index (χ2n) is 7.65. The molecule has 0 heterocycles. The lowest BCUT2D eigenvalue weighted by atomic mass is 10.1. The van der Waals surface area contributed by atoms with Gasteiger partial charge >= 0.3 is 11.9 Å². The number of halogens is 1. The van der Waals surface area contributed by atoms with Crippen LogP contribution in [0.5, 0.6) is 11.5 Å². The summed E-state index contributed by atoms with van der Waals surface area (Å²) in [7, 11) is 0. The first-order valence-electron chi connectivity index (χ1n) is 11.6. The maximum Gasteiger partial charge on any atom is 0.335 e. The summed E-state index contributed by atoms with van der Waals surface area (Å²) in [6, 6.07) is 19.3. The third kappa shape index (κ3) is 9.86. The van der Waals surface area contributed by atoms with Crippen LogP contribution in [0.3, 0.4) is 0 Å². The van der Waals surface area contributed by atoms with Gasteiger partial charge in [-0.05, 0) is 47.0 Å². The topological polar surface area (TPSA) is 71.1 Å². The van der Waals surface area contributed by atoms with Gasteiger partial charge in [0.15, 0.2) is 0 Å². The number of hydrogen-bond donors (Lipinski definition) is 0. The van der Waals surface area contributed by atoms with Gasteiger partial charge in [-0.1, -0.05) is 73.9 Å². The lowest BCUT2D eigenvalue weighted by Gasteiger charge is -2.03. The van der Waals surface area contributed by atoms with Gasteiger partial charge in [0.05, 0.1) is 0 Å². The van der Waals surface area contributed by atoms with E-state index in [0.29, 0.717) is 22.6 Å². The van der Waals surface area contributed by atoms with Gasteiger partial charge in [0.1, 0.15) is 42.4 Å². The molecule has 0 aliphatic heterocycles. The van der Waals surface area contributed by atoms with Crippen molar-refractivity contribution in [3.8, 4) is 11.5 Å². The van der Waals surface area contributed by atoms with Crippen LogP contribution in [0.1, 0.15) is 22.3 Å². The first-order valence-corrected chi connectivity index (χ1v) is 11.6. The van der Waals surface area contributed by atoms with E-state index >= 15 is 0 Å². The maximum absolute atomic E-state index is 14.7. The Balaban J connectivity index is 1.60. The summed E-state index contributed by atoms with van der Waals surface area (Å²) in [5, 5.41) is 0. The fraction of sp³-hybridized carbons (Fsp3) is 0. The van der Waals surface area contributed by atoms with Gasteiger partial charge in [-0.3, -0.25) is 0 Å². The molecule has 6 nitrogen and oxygen atoms in total. The van der Waals surface area contributed by atoms with Crippen LogP contribution < -0.4 is 9.47 Å². The van der Waals surface area contributed by atoms with Crippen molar-refractivity contribution in [3.63, 3.8) is 0 Å². The van der Waals surface area contributed by atoms with E-state index in [1.165, 1.54) is 18.6 Å². The highest BCUT2D eigenvalue weighted by atomic mass is 19.1. The monoisotopic (exact) mass is 524 g/mol. The summed E-state index contributed by atoms with van der Waals surface area (Å²) in [5.74, 6) is -0.487. The van der Waals surface area contributed by atoms with Crippen LogP contribution in [0.2, 0.25) is 0 Å². The summed E-state index contributed by atoms with van der Waals surface area (Å²) in [6.07, 6.45) is 13.9. The molecule has 0 N–H and O–H groups in total. The van der Waals surface area contributed by atoms with Crippen molar-refractivity contribution in [1.82, 2.24) is 0 Å². The molecule has 3 rings (SSSR count). The number of benzene rings is 3. The highest BCUT2D eigenvalue weighted by Gasteiger charge is 2.01. The van der Waals surface area contributed by atoms with Gasteiger partial charge in [0, 0.05) is 17.7 Å². The first kappa shape index (κ1) is 28.1. The highest BCUT2D eigenvalue weighted by Crippen LogP contribution is 2.20. The lowest BCUT2D eigenvalue weighted by Crippen LogP contribution is -1.93. The lowest BCUT2D eigenvalue weighted by molar-refractivity contribution is -0.133. The van der Waals surface area contributed by atoms with Crippen LogP contribution in [0.25, 0.3) is 24.3 Å². The summed E-state index contributed by atoms with van der Waals surface area (Å²) in [6.45, 7) is 6.60. The molecule has 0 aliphatic rings. The molecule has 0 amide bonds. The predicted octanol–water partition coefficient (Wildman–Crippen LogP) is 7.32. The molecule has 0 bridgehead atoms. The van der Waals surface area contributed by atoms with Crippen molar-refractivity contribution >= 4 is 36.2 Å². The first-order chi connectivity index (χ1) is 19.0. The Hall–Kier alpha value is -5.43. The predicted molar refractivity (Wildman–Crippen MR) is 149 cm³/mol. The Morgan fingerprint density at radius 1 is 0.615 bits per heavy atom. The van der Waals surface area contributed by atoms with Gasteiger partial charge < -0.3 is 18.9 Å². The molecule has 0 saturated heterocycles. The minimum atomic E-state index is -0.589. The van der Waals surface area contributed by atoms with E-state index in [1.807, 2.05) is 24.3 Å². The standard InChI is InChI=1S/C32H25FO6/c1-3-31(34)38-19-17-36-28-9-5-7-24(21-28)11-12-26-14-16-27(30(33)23-26)15-13-25-8-6-10-29(22-25)37-18-20-39-32(35)4-2/h3-23H,1-2H2/b12-11+,15-13+,19-17-,20-18-. The van der Waals surface area contributed by atoms with Crippen LogP contribution in [-0.4, -0.2) is 11.9 Å². The van der Waals surface area contributed by atoms with Gasteiger partial charge in [0.2, 0.25) is 0 Å². The molecule has 0 aliphatic carbocycles. The molecular weight excluding hydrogens is 499 g/mol. The van der Waals surface area contributed by atoms with E-state index in [4.69, 9.17) is 18.9 Å². The molecule has 0 aromatic heterocycles. The van der Waals surface area contributed by atoms with E-state index in [2.05, 4.69) is 13.2 Å². The van der Waals surface area contributed by atoms with E-state index in [0.717, 1.165) is 35.8 Å². The van der Waals surface area contributed by atoms with Crippen LogP contribution >= 0.6 is 0 Å². The number of rotatable bonds is 12. The van der Waals surface area contributed by atoms with Gasteiger partial charge in [-0.2, -0.15) is 0 Å². The zero-order valence-corrected chi connectivity index (χ0v) is 20.9. The largest absolute Gasteiger partial charge is 0.462 e. The molecule has 0 fully saturated rings. The molecule has 196 valence electrons. The van der Waals surface area contributed by atoms with E-state index in [9.17, 15) is 14.0 Å². The Bertz CT molecular complexity index is 1450. The number of ether oxygens (including phenoxy) is 4. The minimum absolute atomic E-state index is 0.371. The molecule has 0 unspecified atom stereocenters. The number of hydrogen-bond acceptors (Lipinski definition) is 6. The fourth-order valence-electron chi connectivity index (χ4n) is 3.04. The number of carbonyl (C=O) groups excluding carboxylic acids is 2. The van der Waals surface area contributed by atoms with Crippen LogP contribution in [-0.2, 0) is 19.1 Å². The van der Waals surface area contributed by atoms with Gasteiger partial charge in [-0.25, -0.2) is 14.0 Å². The normalized spacial score (nSPS) is 11.2. The Morgan fingerprint density at radius 2 is 1.10 bits per heavy atom. The van der Waals surface area contributed by atoms with E-state index in [-0.39, 0.29) is 5.82 Å². The number of carbonyl (C=O) groups is 2. The zero-order valence-electron chi connectivity index (χ0n) is 20.9. The van der Waals surface area contributed by atoms with Crippen molar-refractivity contribution in [2.24, 2.45) is 0 Å². The van der Waals surface area contributed by atoms with Crippen molar-refractivity contribution in [3.05, 3.63) is 145 Å². The third-order valence-electron chi connectivity index (χ3n) is 4.89. The summed E-state index contributed by atoms with van der Waals surface area (Å²) >= 11 is 0. The molecule has 7 heteroatoms. The minimum Gasteiger partial charge on any atom is -0.462 e. The van der Waals surface area contributed by atoms with Crippen molar-refractivity contribution in [1.29, 1.82) is 0 Å². The Labute approximate surface area is 225 Å². The summed E-state index contributed by atoms with van der Waals surface area (Å²) in [5.41, 5.74) is 2.74. The van der Waals surface area contributed by atoms with Crippen molar-refractivity contribution in [2.45, 2.75) is 0 Å². The summed E-state index contributed by atoms with van der Waals surface area (Å²) in [4.78, 5) is 22.0. The Kier molecular flexibility index (Phi) is 10.8. The molecule has 3 aromatic carbocycles. The highest BCUT2D eigenvalue weighted by molar-refractivity contribution is 5.82. The molecule has 0 saturated carbocycles. The maximum atomic E-state index is 14.7. The second kappa shape index (κ2) is 15.0. The number of esters is 2. The van der Waals surface area contributed by atoms with Crippen LogP contribution in [0.4, 0.5) is 4.39 Å². The summed E-state index contributed by atoms with van der Waals surface area (Å²) < 4.78 is 35.0. The third-order valence-corrected chi connectivity index (χ3v) is 4.89. The average Bonchev–Trinajstić information content (AvgIpc) is 2.96. The quantitative estimate of drug-likeness (QED) is 0.107. The van der Waals surface area contributed by atoms with E-state index in [1.54, 1.807) is 60.7 Å². The molecule has 0 radical (unpaired) electrons. The van der Waals surface area contributed by atoms with Gasteiger partial charge in [-0.15, -0.1) is 0 Å². The molecule has 3 aromatic rings. The van der Waals surface area contributed by atoms with Crippen LogP contribution in [0, 0.1) is 5.82 Å². The fourth-order valence-corrected chi connectivity index (χ4v) is 3.04. The molecule has 0 spiro atoms. The smallest absolute Gasteiger partial charge is 0.335 e. The van der Waals surface area contributed by atoms with Gasteiger partial charge in [0.25, 0.3) is 0 Å². The van der Waals surface area contributed by atoms with Crippen molar-refractivity contribution in [2.75, 3.05) is 0 Å².